The molecule has 0 atom stereocenters. The zero-order chi connectivity index (χ0) is 25.2. The summed E-state index contributed by atoms with van der Waals surface area (Å²) < 4.78 is 10.7. The molecule has 0 fully saturated rings. The van der Waals surface area contributed by atoms with E-state index < -0.39 is 0 Å². The molecule has 2 N–H and O–H groups in total. The first kappa shape index (κ1) is 25.8. The summed E-state index contributed by atoms with van der Waals surface area (Å²) in [5.41, 5.74) is 4.71. The number of aryl methyl sites for hydroxylation is 2. The fraction of sp³-hybridized carbons (Fsp3) is 0.286. The van der Waals surface area contributed by atoms with Crippen LogP contribution in [0.25, 0.3) is 0 Å². The molecule has 7 nitrogen and oxygen atoms in total. The van der Waals surface area contributed by atoms with Gasteiger partial charge in [-0.1, -0.05) is 41.5 Å². The molecule has 0 aliphatic carbocycles. The van der Waals surface area contributed by atoms with E-state index in [2.05, 4.69) is 10.6 Å². The molecule has 0 unspecified atom stereocenters. The molecular formula is C28H33N3O4. The fourth-order valence-corrected chi connectivity index (χ4v) is 3.62. The third-order valence-corrected chi connectivity index (χ3v) is 5.57. The summed E-state index contributed by atoms with van der Waals surface area (Å²) in [4.78, 5) is 27.4. The number of carbonyl (C=O) groups is 2. The van der Waals surface area contributed by atoms with Gasteiger partial charge in [-0.05, 0) is 62.2 Å². The zero-order valence-corrected chi connectivity index (χ0v) is 20.8. The monoisotopic (exact) mass is 475 g/mol. The Balaban J connectivity index is 1.67. The third kappa shape index (κ3) is 8.15. The number of nitrogens with zero attached hydrogens (tertiary/aromatic N) is 1. The highest BCUT2D eigenvalue weighted by molar-refractivity contribution is 5.94. The molecule has 0 aromatic heterocycles. The van der Waals surface area contributed by atoms with Crippen LogP contribution in [0.15, 0.2) is 66.7 Å². The highest BCUT2D eigenvalue weighted by Crippen LogP contribution is 2.27. The van der Waals surface area contributed by atoms with Crippen LogP contribution in [0.2, 0.25) is 0 Å². The standard InChI is InChI=1S/C28H33N3O4/c1-20-5-10-23(11-6-20)29-27(32)18-31(19-28(33)30-24-12-7-21(2)8-13-24)16-15-22-9-14-25(34-3)26(17-22)35-4/h5-14,17H,15-16,18-19H2,1-4H3,(H,29,32)(H,30,33). The normalized spacial score (nSPS) is 10.7. The molecule has 0 heterocycles. The summed E-state index contributed by atoms with van der Waals surface area (Å²) in [5, 5.41) is 5.82. The molecule has 0 aliphatic rings. The molecule has 0 radical (unpaired) electrons. The van der Waals surface area contributed by atoms with Crippen molar-refractivity contribution in [1.82, 2.24) is 4.90 Å². The lowest BCUT2D eigenvalue weighted by molar-refractivity contribution is -0.120. The van der Waals surface area contributed by atoms with Crippen molar-refractivity contribution < 1.29 is 19.1 Å². The molecule has 0 spiro atoms. The van der Waals surface area contributed by atoms with E-state index in [0.29, 0.717) is 24.5 Å². The van der Waals surface area contributed by atoms with Crippen molar-refractivity contribution in [2.24, 2.45) is 0 Å². The summed E-state index contributed by atoms with van der Waals surface area (Å²) in [5.74, 6) is 0.947. The van der Waals surface area contributed by atoms with Gasteiger partial charge in [0.1, 0.15) is 0 Å². The zero-order valence-electron chi connectivity index (χ0n) is 20.8. The quantitative estimate of drug-likeness (QED) is 0.429. The number of hydrogen-bond acceptors (Lipinski definition) is 5. The molecule has 0 saturated heterocycles. The number of anilines is 2. The second-order valence-corrected chi connectivity index (χ2v) is 8.48. The number of amides is 2. The minimum atomic E-state index is -0.177. The molecule has 35 heavy (non-hydrogen) atoms. The van der Waals surface area contributed by atoms with Crippen molar-refractivity contribution in [3.63, 3.8) is 0 Å². The summed E-state index contributed by atoms with van der Waals surface area (Å²) in [6.45, 7) is 4.67. The van der Waals surface area contributed by atoms with E-state index >= 15 is 0 Å². The topological polar surface area (TPSA) is 79.9 Å². The van der Waals surface area contributed by atoms with E-state index in [0.717, 1.165) is 28.1 Å². The Labute approximate surface area is 207 Å². The Morgan fingerprint density at radius 3 is 1.66 bits per heavy atom. The number of ether oxygens (including phenoxy) is 2. The van der Waals surface area contributed by atoms with Gasteiger partial charge in [-0.3, -0.25) is 14.5 Å². The van der Waals surface area contributed by atoms with Crippen molar-refractivity contribution in [2.45, 2.75) is 20.3 Å². The van der Waals surface area contributed by atoms with Gasteiger partial charge < -0.3 is 20.1 Å². The number of hydrogen-bond donors (Lipinski definition) is 2. The van der Waals surface area contributed by atoms with Gasteiger partial charge in [-0.2, -0.15) is 0 Å². The predicted molar refractivity (Wildman–Crippen MR) is 139 cm³/mol. The van der Waals surface area contributed by atoms with Gasteiger partial charge in [0.05, 0.1) is 27.3 Å². The van der Waals surface area contributed by atoms with Gasteiger partial charge in [0.25, 0.3) is 0 Å². The van der Waals surface area contributed by atoms with Crippen LogP contribution < -0.4 is 20.1 Å². The van der Waals surface area contributed by atoms with Gasteiger partial charge in [0.15, 0.2) is 11.5 Å². The summed E-state index contributed by atoms with van der Waals surface area (Å²) >= 11 is 0. The lowest BCUT2D eigenvalue weighted by atomic mass is 10.1. The molecule has 2 amide bonds. The predicted octanol–water partition coefficient (Wildman–Crippen LogP) is 4.44. The van der Waals surface area contributed by atoms with Gasteiger partial charge >= 0.3 is 0 Å². The van der Waals surface area contributed by atoms with Crippen molar-refractivity contribution in [2.75, 3.05) is 44.5 Å². The first-order chi connectivity index (χ1) is 16.9. The van der Waals surface area contributed by atoms with Crippen LogP contribution in [-0.4, -0.2) is 50.6 Å². The van der Waals surface area contributed by atoms with Gasteiger partial charge in [-0.15, -0.1) is 0 Å². The van der Waals surface area contributed by atoms with E-state index in [-0.39, 0.29) is 24.9 Å². The average Bonchev–Trinajstić information content (AvgIpc) is 2.85. The van der Waals surface area contributed by atoms with Crippen molar-refractivity contribution in [3.05, 3.63) is 83.4 Å². The molecule has 7 heteroatoms. The Kier molecular flexibility index (Phi) is 9.26. The second-order valence-electron chi connectivity index (χ2n) is 8.48. The van der Waals surface area contributed by atoms with Crippen LogP contribution in [0.4, 0.5) is 11.4 Å². The van der Waals surface area contributed by atoms with Gasteiger partial charge in [0.2, 0.25) is 11.8 Å². The molecule has 0 aliphatic heterocycles. The molecule has 184 valence electrons. The fourth-order valence-electron chi connectivity index (χ4n) is 3.62. The molecule has 3 aromatic carbocycles. The SMILES string of the molecule is COc1ccc(CCN(CC(=O)Nc2ccc(C)cc2)CC(=O)Nc2ccc(C)cc2)cc1OC. The van der Waals surface area contributed by atoms with E-state index in [1.165, 1.54) is 0 Å². The molecule has 0 saturated carbocycles. The van der Waals surface area contributed by atoms with Crippen LogP contribution in [0.5, 0.6) is 11.5 Å². The molecule has 3 aromatic rings. The first-order valence-electron chi connectivity index (χ1n) is 11.5. The summed E-state index contributed by atoms with van der Waals surface area (Å²) in [6.07, 6.45) is 0.635. The molecular weight excluding hydrogens is 442 g/mol. The maximum atomic E-state index is 12.8. The minimum Gasteiger partial charge on any atom is -0.493 e. The molecule has 3 rings (SSSR count). The lowest BCUT2D eigenvalue weighted by Crippen LogP contribution is -2.40. The summed E-state index contributed by atoms with van der Waals surface area (Å²) in [6, 6.07) is 21.0. The number of carbonyl (C=O) groups excluding carboxylic acids is 2. The van der Waals surface area contributed by atoms with E-state index in [1.807, 2.05) is 85.5 Å². The highest BCUT2D eigenvalue weighted by Gasteiger charge is 2.16. The lowest BCUT2D eigenvalue weighted by Gasteiger charge is -2.22. The van der Waals surface area contributed by atoms with E-state index in [9.17, 15) is 9.59 Å². The largest absolute Gasteiger partial charge is 0.493 e. The van der Waals surface area contributed by atoms with E-state index in [4.69, 9.17) is 9.47 Å². The van der Waals surface area contributed by atoms with Crippen LogP contribution in [0.3, 0.4) is 0 Å². The maximum absolute atomic E-state index is 12.8. The highest BCUT2D eigenvalue weighted by atomic mass is 16.5. The number of rotatable bonds is 11. The van der Waals surface area contributed by atoms with Crippen molar-refractivity contribution >= 4 is 23.2 Å². The first-order valence-corrected chi connectivity index (χ1v) is 11.5. The molecule has 0 bridgehead atoms. The van der Waals surface area contributed by atoms with Crippen molar-refractivity contribution in [3.8, 4) is 11.5 Å². The number of nitrogens with one attached hydrogen (secondary N) is 2. The third-order valence-electron chi connectivity index (χ3n) is 5.57. The van der Waals surface area contributed by atoms with Crippen molar-refractivity contribution in [1.29, 1.82) is 0 Å². The smallest absolute Gasteiger partial charge is 0.238 e. The number of methoxy groups -OCH3 is 2. The Hall–Kier alpha value is -3.84. The maximum Gasteiger partial charge on any atom is 0.238 e. The summed E-state index contributed by atoms with van der Waals surface area (Å²) in [7, 11) is 3.19. The minimum absolute atomic E-state index is 0.0858. The number of benzene rings is 3. The Bertz CT molecular complexity index is 1070. The Morgan fingerprint density at radius 2 is 1.20 bits per heavy atom. The van der Waals surface area contributed by atoms with E-state index in [1.54, 1.807) is 14.2 Å². The van der Waals surface area contributed by atoms with Crippen LogP contribution in [0, 0.1) is 13.8 Å². The van der Waals surface area contributed by atoms with Crippen LogP contribution in [0.1, 0.15) is 16.7 Å². The van der Waals surface area contributed by atoms with Crippen LogP contribution in [-0.2, 0) is 16.0 Å². The van der Waals surface area contributed by atoms with Crippen LogP contribution >= 0.6 is 0 Å². The Morgan fingerprint density at radius 1 is 0.714 bits per heavy atom. The van der Waals surface area contributed by atoms with Gasteiger partial charge in [0, 0.05) is 17.9 Å². The average molecular weight is 476 g/mol. The second kappa shape index (κ2) is 12.6. The van der Waals surface area contributed by atoms with Gasteiger partial charge in [-0.25, -0.2) is 0 Å².